The van der Waals surface area contributed by atoms with Crippen molar-refractivity contribution in [1.82, 2.24) is 10.9 Å². The molecule has 0 aliphatic rings. The quantitative estimate of drug-likeness (QED) is 0.642. The van der Waals surface area contributed by atoms with Crippen molar-refractivity contribution >= 4 is 29.1 Å². The first-order valence-electron chi connectivity index (χ1n) is 9.23. The molecule has 2 aromatic carbocycles. The summed E-state index contributed by atoms with van der Waals surface area (Å²) in [5.74, 6) is -0.862. The number of hydrogen-bond donors (Lipinski definition) is 3. The van der Waals surface area contributed by atoms with Gasteiger partial charge in [-0.15, -0.1) is 0 Å². The zero-order valence-corrected chi connectivity index (χ0v) is 16.4. The van der Waals surface area contributed by atoms with Crippen LogP contribution in [0, 0.1) is 0 Å². The SMILES string of the molecule is CCN(CC)c1ccc(C(=O)NNC(=O)Cc2ccc(NC(C)=O)cc2)cc1. The summed E-state index contributed by atoms with van der Waals surface area (Å²) >= 11 is 0. The largest absolute Gasteiger partial charge is 0.372 e. The van der Waals surface area contributed by atoms with E-state index in [1.54, 1.807) is 36.4 Å². The fraction of sp³-hybridized carbons (Fsp3) is 0.286. The van der Waals surface area contributed by atoms with Crippen LogP contribution in [0.1, 0.15) is 36.7 Å². The second-order valence-corrected chi connectivity index (χ2v) is 6.28. The Bertz CT molecular complexity index is 813. The normalized spacial score (nSPS) is 10.1. The van der Waals surface area contributed by atoms with Crippen LogP contribution in [-0.2, 0) is 16.0 Å². The number of hydrogen-bond acceptors (Lipinski definition) is 4. The van der Waals surface area contributed by atoms with Gasteiger partial charge in [-0.25, -0.2) is 0 Å². The number of anilines is 2. The van der Waals surface area contributed by atoms with Gasteiger partial charge in [0.1, 0.15) is 0 Å². The summed E-state index contributed by atoms with van der Waals surface area (Å²) in [6, 6.07) is 14.2. The van der Waals surface area contributed by atoms with Gasteiger partial charge in [-0.05, 0) is 55.8 Å². The fourth-order valence-electron chi connectivity index (χ4n) is 2.75. The average Bonchev–Trinajstić information content (AvgIpc) is 2.69. The molecule has 148 valence electrons. The molecule has 2 rings (SSSR count). The number of carbonyl (C=O) groups is 3. The minimum absolute atomic E-state index is 0.113. The third kappa shape index (κ3) is 6.12. The van der Waals surface area contributed by atoms with Crippen molar-refractivity contribution in [3.05, 3.63) is 59.7 Å². The number of nitrogens with zero attached hydrogens (tertiary/aromatic N) is 1. The summed E-state index contributed by atoms with van der Waals surface area (Å²) in [6.45, 7) is 7.37. The van der Waals surface area contributed by atoms with Crippen molar-refractivity contribution in [2.75, 3.05) is 23.3 Å². The molecule has 0 fully saturated rings. The summed E-state index contributed by atoms with van der Waals surface area (Å²) in [6.07, 6.45) is 0.113. The number of nitrogens with one attached hydrogen (secondary N) is 3. The molecule has 0 atom stereocenters. The molecular weight excluding hydrogens is 356 g/mol. The van der Waals surface area contributed by atoms with E-state index >= 15 is 0 Å². The van der Waals surface area contributed by atoms with Crippen LogP contribution in [0.5, 0.6) is 0 Å². The number of amides is 3. The Morgan fingerprint density at radius 2 is 1.46 bits per heavy atom. The average molecular weight is 382 g/mol. The maximum atomic E-state index is 12.2. The zero-order valence-electron chi connectivity index (χ0n) is 16.4. The molecule has 0 unspecified atom stereocenters. The highest BCUT2D eigenvalue weighted by atomic mass is 16.2. The van der Waals surface area contributed by atoms with Crippen molar-refractivity contribution in [3.8, 4) is 0 Å². The molecule has 7 heteroatoms. The van der Waals surface area contributed by atoms with Gasteiger partial charge < -0.3 is 10.2 Å². The first kappa shape index (κ1) is 21.0. The first-order valence-corrected chi connectivity index (χ1v) is 9.23. The molecule has 3 amide bonds. The first-order chi connectivity index (χ1) is 13.4. The predicted molar refractivity (Wildman–Crippen MR) is 110 cm³/mol. The molecule has 0 aromatic heterocycles. The van der Waals surface area contributed by atoms with Crippen molar-refractivity contribution in [2.45, 2.75) is 27.2 Å². The fourth-order valence-corrected chi connectivity index (χ4v) is 2.75. The zero-order chi connectivity index (χ0) is 20.5. The van der Waals surface area contributed by atoms with E-state index in [1.165, 1.54) is 6.92 Å². The van der Waals surface area contributed by atoms with Gasteiger partial charge in [-0.3, -0.25) is 25.2 Å². The summed E-state index contributed by atoms with van der Waals surface area (Å²) in [7, 11) is 0. The lowest BCUT2D eigenvalue weighted by Gasteiger charge is -2.21. The van der Waals surface area contributed by atoms with Gasteiger partial charge in [0.25, 0.3) is 5.91 Å². The van der Waals surface area contributed by atoms with Gasteiger partial charge in [0.2, 0.25) is 11.8 Å². The molecule has 0 heterocycles. The minimum Gasteiger partial charge on any atom is -0.372 e. The van der Waals surface area contributed by atoms with Gasteiger partial charge in [0, 0.05) is 37.0 Å². The molecule has 0 aliphatic carbocycles. The Morgan fingerprint density at radius 3 is 2.00 bits per heavy atom. The lowest BCUT2D eigenvalue weighted by Crippen LogP contribution is -2.42. The molecule has 0 saturated heterocycles. The molecule has 0 bridgehead atoms. The van der Waals surface area contributed by atoms with E-state index in [0.29, 0.717) is 11.3 Å². The van der Waals surface area contributed by atoms with Crippen molar-refractivity contribution < 1.29 is 14.4 Å². The smallest absolute Gasteiger partial charge is 0.269 e. The lowest BCUT2D eigenvalue weighted by atomic mass is 10.1. The molecule has 7 nitrogen and oxygen atoms in total. The standard InChI is InChI=1S/C21H26N4O3/c1-4-25(5-2)19-12-8-17(9-13-19)21(28)24-23-20(27)14-16-6-10-18(11-7-16)22-15(3)26/h6-13H,4-5,14H2,1-3H3,(H,22,26)(H,23,27)(H,24,28). The molecule has 0 radical (unpaired) electrons. The van der Waals surface area contributed by atoms with Crippen LogP contribution < -0.4 is 21.1 Å². The van der Waals surface area contributed by atoms with Crippen LogP contribution >= 0.6 is 0 Å². The Morgan fingerprint density at radius 1 is 0.857 bits per heavy atom. The van der Waals surface area contributed by atoms with Crippen LogP contribution in [0.3, 0.4) is 0 Å². The summed E-state index contributed by atoms with van der Waals surface area (Å²) in [5, 5.41) is 2.66. The summed E-state index contributed by atoms with van der Waals surface area (Å²) < 4.78 is 0. The highest BCUT2D eigenvalue weighted by molar-refractivity contribution is 5.95. The Balaban J connectivity index is 1.85. The lowest BCUT2D eigenvalue weighted by molar-refractivity contribution is -0.121. The summed E-state index contributed by atoms with van der Waals surface area (Å²) in [4.78, 5) is 37.4. The van der Waals surface area contributed by atoms with Crippen LogP contribution in [0.4, 0.5) is 11.4 Å². The van der Waals surface area contributed by atoms with E-state index < -0.39 is 0 Å². The summed E-state index contributed by atoms with van der Waals surface area (Å²) in [5.41, 5.74) is 7.79. The second-order valence-electron chi connectivity index (χ2n) is 6.28. The van der Waals surface area contributed by atoms with Gasteiger partial charge in [-0.2, -0.15) is 0 Å². The Labute approximate surface area is 165 Å². The van der Waals surface area contributed by atoms with E-state index in [9.17, 15) is 14.4 Å². The maximum absolute atomic E-state index is 12.2. The van der Waals surface area contributed by atoms with E-state index in [0.717, 1.165) is 24.3 Å². The van der Waals surface area contributed by atoms with E-state index in [4.69, 9.17) is 0 Å². The monoisotopic (exact) mass is 382 g/mol. The molecule has 0 saturated carbocycles. The van der Waals surface area contributed by atoms with Crippen molar-refractivity contribution in [1.29, 1.82) is 0 Å². The molecular formula is C21H26N4O3. The number of carbonyl (C=O) groups excluding carboxylic acids is 3. The van der Waals surface area contributed by atoms with E-state index in [2.05, 4.69) is 34.9 Å². The van der Waals surface area contributed by atoms with Crippen molar-refractivity contribution in [3.63, 3.8) is 0 Å². The Hall–Kier alpha value is -3.35. The molecule has 0 spiro atoms. The van der Waals surface area contributed by atoms with Crippen molar-refractivity contribution in [2.24, 2.45) is 0 Å². The van der Waals surface area contributed by atoms with Crippen LogP contribution in [-0.4, -0.2) is 30.8 Å². The Kier molecular flexibility index (Phi) is 7.56. The highest BCUT2D eigenvalue weighted by Crippen LogP contribution is 2.14. The molecule has 2 aromatic rings. The van der Waals surface area contributed by atoms with Crippen LogP contribution in [0.2, 0.25) is 0 Å². The highest BCUT2D eigenvalue weighted by Gasteiger charge is 2.09. The number of hydrazine groups is 1. The molecule has 0 aliphatic heterocycles. The van der Waals surface area contributed by atoms with E-state index in [-0.39, 0.29) is 24.1 Å². The van der Waals surface area contributed by atoms with Gasteiger partial charge >= 0.3 is 0 Å². The molecule has 28 heavy (non-hydrogen) atoms. The van der Waals surface area contributed by atoms with Gasteiger partial charge in [0.05, 0.1) is 6.42 Å². The number of benzene rings is 2. The second kappa shape index (κ2) is 10.1. The minimum atomic E-state index is -0.375. The third-order valence-corrected chi connectivity index (χ3v) is 4.21. The molecule has 3 N–H and O–H groups in total. The number of rotatable bonds is 7. The van der Waals surface area contributed by atoms with Crippen LogP contribution in [0.15, 0.2) is 48.5 Å². The third-order valence-electron chi connectivity index (χ3n) is 4.21. The maximum Gasteiger partial charge on any atom is 0.269 e. The van der Waals surface area contributed by atoms with Crippen LogP contribution in [0.25, 0.3) is 0 Å². The topological polar surface area (TPSA) is 90.5 Å². The predicted octanol–water partition coefficient (Wildman–Crippen LogP) is 2.49. The van der Waals surface area contributed by atoms with Gasteiger partial charge in [0.15, 0.2) is 0 Å². The van der Waals surface area contributed by atoms with Gasteiger partial charge in [-0.1, -0.05) is 12.1 Å². The van der Waals surface area contributed by atoms with E-state index in [1.807, 2.05) is 12.1 Å².